The van der Waals surface area contributed by atoms with Crippen molar-refractivity contribution >= 4 is 16.9 Å². The second-order valence-electron chi connectivity index (χ2n) is 10.2. The van der Waals surface area contributed by atoms with Crippen LogP contribution in [-0.2, 0) is 30.2 Å². The van der Waals surface area contributed by atoms with E-state index < -0.39 is 55.5 Å². The Hall–Kier alpha value is -2.77. The predicted octanol–water partition coefficient (Wildman–Crippen LogP) is 0.147. The number of para-hydroxylation sites is 1. The van der Waals surface area contributed by atoms with Crippen LogP contribution >= 0.6 is 0 Å². The van der Waals surface area contributed by atoms with E-state index in [4.69, 9.17) is 18.9 Å². The molecule has 0 amide bonds. The second kappa shape index (κ2) is 10.1. The third-order valence-corrected chi connectivity index (χ3v) is 8.18. The molecule has 1 saturated heterocycles. The summed E-state index contributed by atoms with van der Waals surface area (Å²) in [6, 6.07) is 7.97. The van der Waals surface area contributed by atoms with Crippen LogP contribution in [0.5, 0.6) is 0 Å². The van der Waals surface area contributed by atoms with Crippen molar-refractivity contribution in [2.24, 2.45) is 11.8 Å². The van der Waals surface area contributed by atoms with Crippen LogP contribution in [0.3, 0.4) is 0 Å². The number of carbonyl (C=O) groups is 1. The number of hydrogen-bond acceptors (Lipinski definition) is 10. The fraction of sp³-hybridized carbons (Fsp3) is 0.519. The van der Waals surface area contributed by atoms with E-state index in [1.54, 1.807) is 0 Å². The Bertz CT molecular complexity index is 1270. The molecule has 0 bridgehead atoms. The summed E-state index contributed by atoms with van der Waals surface area (Å²) in [7, 11) is 1.32. The molecule has 38 heavy (non-hydrogen) atoms. The number of ether oxygens (including phenoxy) is 4. The van der Waals surface area contributed by atoms with Gasteiger partial charge in [0, 0.05) is 29.1 Å². The molecule has 4 aliphatic rings. The SMILES string of the molecule is COC(=O)C1=CO[C@@H](O[C@@H]2O[C@H](CO)[C@@H](O)[C@H](O)[C@H]2O)[C@@H]2C([C@@H]3NCCc4c3[nH]c3ccccc43)=CC[C@H]12. The van der Waals surface area contributed by atoms with Gasteiger partial charge < -0.3 is 49.7 Å². The van der Waals surface area contributed by atoms with Gasteiger partial charge in [0.15, 0.2) is 6.29 Å². The van der Waals surface area contributed by atoms with Gasteiger partial charge in [-0.05, 0) is 30.0 Å². The van der Waals surface area contributed by atoms with Gasteiger partial charge in [0.1, 0.15) is 24.4 Å². The van der Waals surface area contributed by atoms with Crippen molar-refractivity contribution in [1.82, 2.24) is 10.3 Å². The summed E-state index contributed by atoms with van der Waals surface area (Å²) >= 11 is 0. The Balaban J connectivity index is 1.34. The summed E-state index contributed by atoms with van der Waals surface area (Å²) in [4.78, 5) is 16.2. The van der Waals surface area contributed by atoms with E-state index in [0.717, 1.165) is 29.7 Å². The fourth-order valence-corrected chi connectivity index (χ4v) is 6.28. The molecule has 1 aromatic carbocycles. The molecule has 4 heterocycles. The Morgan fingerprint density at radius 3 is 2.74 bits per heavy atom. The lowest BCUT2D eigenvalue weighted by atomic mass is 9.79. The van der Waals surface area contributed by atoms with Crippen LogP contribution in [0.15, 0.2) is 47.7 Å². The van der Waals surface area contributed by atoms with E-state index >= 15 is 0 Å². The van der Waals surface area contributed by atoms with Crippen molar-refractivity contribution in [3.05, 3.63) is 59.0 Å². The molecule has 1 aromatic heterocycles. The normalized spacial score (nSPS) is 36.6. The van der Waals surface area contributed by atoms with Crippen molar-refractivity contribution in [3.63, 3.8) is 0 Å². The molecule has 0 radical (unpaired) electrons. The van der Waals surface area contributed by atoms with Crippen molar-refractivity contribution in [2.45, 2.75) is 55.9 Å². The first kappa shape index (κ1) is 25.5. The highest BCUT2D eigenvalue weighted by atomic mass is 16.8. The lowest BCUT2D eigenvalue weighted by molar-refractivity contribution is -0.339. The summed E-state index contributed by atoms with van der Waals surface area (Å²) in [6.07, 6.45) is -3.33. The summed E-state index contributed by atoms with van der Waals surface area (Å²) in [5, 5.41) is 45.3. The topological polar surface area (TPSA) is 163 Å². The third kappa shape index (κ3) is 4.06. The second-order valence-corrected chi connectivity index (χ2v) is 10.2. The average Bonchev–Trinajstić information content (AvgIpc) is 3.55. The molecule has 1 fully saturated rings. The van der Waals surface area contributed by atoms with Crippen molar-refractivity contribution in [2.75, 3.05) is 20.3 Å². The molecule has 1 aliphatic carbocycles. The van der Waals surface area contributed by atoms with Gasteiger partial charge in [-0.1, -0.05) is 24.3 Å². The van der Waals surface area contributed by atoms with Crippen LogP contribution in [0.25, 0.3) is 10.9 Å². The van der Waals surface area contributed by atoms with Gasteiger partial charge in [-0.15, -0.1) is 0 Å². The van der Waals surface area contributed by atoms with Crippen LogP contribution in [-0.4, -0.2) is 88.6 Å². The molecule has 9 atom stereocenters. The van der Waals surface area contributed by atoms with Crippen molar-refractivity contribution < 1.29 is 44.2 Å². The molecule has 2 aromatic rings. The fourth-order valence-electron chi connectivity index (χ4n) is 6.28. The Morgan fingerprint density at radius 2 is 1.95 bits per heavy atom. The van der Waals surface area contributed by atoms with Gasteiger partial charge in [0.2, 0.25) is 6.29 Å². The number of aromatic amines is 1. The van der Waals surface area contributed by atoms with Gasteiger partial charge in [0.05, 0.1) is 37.5 Å². The lowest BCUT2D eigenvalue weighted by Crippen LogP contribution is -2.60. The average molecular weight is 529 g/mol. The number of aliphatic hydroxyl groups excluding tert-OH is 4. The van der Waals surface area contributed by atoms with Crippen LogP contribution < -0.4 is 5.32 Å². The van der Waals surface area contributed by atoms with E-state index in [2.05, 4.69) is 22.4 Å². The van der Waals surface area contributed by atoms with E-state index in [-0.39, 0.29) is 12.0 Å². The first-order valence-corrected chi connectivity index (χ1v) is 12.9. The summed E-state index contributed by atoms with van der Waals surface area (Å²) in [5.74, 6) is -1.25. The number of rotatable bonds is 5. The van der Waals surface area contributed by atoms with E-state index in [1.807, 2.05) is 18.2 Å². The Labute approximate surface area is 218 Å². The number of esters is 1. The maximum Gasteiger partial charge on any atom is 0.337 e. The highest BCUT2D eigenvalue weighted by Gasteiger charge is 2.51. The third-order valence-electron chi connectivity index (χ3n) is 8.18. The predicted molar refractivity (Wildman–Crippen MR) is 132 cm³/mol. The maximum atomic E-state index is 12.6. The summed E-state index contributed by atoms with van der Waals surface area (Å²) in [6.45, 7) is 0.183. The van der Waals surface area contributed by atoms with Gasteiger partial charge in [-0.25, -0.2) is 4.79 Å². The van der Waals surface area contributed by atoms with E-state index in [0.29, 0.717) is 12.0 Å². The highest BCUT2D eigenvalue weighted by Crippen LogP contribution is 2.49. The Kier molecular flexibility index (Phi) is 6.77. The van der Waals surface area contributed by atoms with Crippen LogP contribution in [0.1, 0.15) is 23.7 Å². The number of H-pyrrole nitrogens is 1. The van der Waals surface area contributed by atoms with Crippen molar-refractivity contribution in [3.8, 4) is 0 Å². The first-order valence-electron chi connectivity index (χ1n) is 12.9. The number of allylic oxidation sites excluding steroid dienone is 1. The summed E-state index contributed by atoms with van der Waals surface area (Å²) < 4.78 is 22.6. The molecule has 0 saturated carbocycles. The van der Waals surface area contributed by atoms with Crippen LogP contribution in [0, 0.1) is 11.8 Å². The van der Waals surface area contributed by atoms with Gasteiger partial charge in [0.25, 0.3) is 0 Å². The molecule has 11 heteroatoms. The standard InChI is InChI=1S/C27H32N2O9/c1-35-25(34)16-11-36-26(38-27-24(33)23(32)22(31)18(10-30)37-27)19-13(16)6-7-15(19)20-21-14(8-9-28-20)12-4-2-3-5-17(12)29-21/h2-5,7,11,13,18-20,22-24,26-33H,6,8-10H2,1H3/t13-,18-,19+,20+,22-,23+,24-,26+,27+/m1/s1. The molecule has 204 valence electrons. The van der Waals surface area contributed by atoms with Gasteiger partial charge in [-0.2, -0.15) is 0 Å². The zero-order chi connectivity index (χ0) is 26.6. The molecular formula is C27H32N2O9. The smallest absolute Gasteiger partial charge is 0.337 e. The molecule has 0 unspecified atom stereocenters. The van der Waals surface area contributed by atoms with E-state index in [9.17, 15) is 25.2 Å². The number of nitrogens with one attached hydrogen (secondary N) is 2. The Morgan fingerprint density at radius 1 is 1.13 bits per heavy atom. The van der Waals surface area contributed by atoms with E-state index in [1.165, 1.54) is 24.3 Å². The maximum absolute atomic E-state index is 12.6. The highest BCUT2D eigenvalue weighted by molar-refractivity contribution is 5.89. The van der Waals surface area contributed by atoms with Crippen molar-refractivity contribution in [1.29, 1.82) is 0 Å². The number of methoxy groups -OCH3 is 1. The minimum atomic E-state index is -1.58. The zero-order valence-corrected chi connectivity index (χ0v) is 20.8. The zero-order valence-electron chi connectivity index (χ0n) is 20.8. The number of aliphatic hydroxyl groups is 4. The van der Waals surface area contributed by atoms with Gasteiger partial charge >= 0.3 is 5.97 Å². The first-order chi connectivity index (χ1) is 18.4. The molecule has 3 aliphatic heterocycles. The molecule has 0 spiro atoms. The minimum absolute atomic E-state index is 0.192. The lowest BCUT2D eigenvalue weighted by Gasteiger charge is -2.43. The molecular weight excluding hydrogens is 496 g/mol. The van der Waals surface area contributed by atoms with Crippen LogP contribution in [0.2, 0.25) is 0 Å². The minimum Gasteiger partial charge on any atom is -0.471 e. The van der Waals surface area contributed by atoms with Crippen LogP contribution in [0.4, 0.5) is 0 Å². The molecule has 6 rings (SSSR count). The monoisotopic (exact) mass is 528 g/mol. The molecule has 6 N–H and O–H groups in total. The number of aromatic nitrogens is 1. The quantitative estimate of drug-likeness (QED) is 0.233. The summed E-state index contributed by atoms with van der Waals surface area (Å²) in [5.41, 5.74) is 4.67. The number of hydrogen-bond donors (Lipinski definition) is 6. The number of benzene rings is 1. The molecule has 11 nitrogen and oxygen atoms in total. The van der Waals surface area contributed by atoms with Gasteiger partial charge in [-0.3, -0.25) is 0 Å². The number of carbonyl (C=O) groups excluding carboxylic acids is 1. The largest absolute Gasteiger partial charge is 0.471 e. The number of fused-ring (bicyclic) bond motifs is 4.